The Balaban J connectivity index is 1.73. The van der Waals surface area contributed by atoms with Gasteiger partial charge in [-0.2, -0.15) is 5.26 Å². The van der Waals surface area contributed by atoms with Gasteiger partial charge in [-0.3, -0.25) is 9.69 Å². The van der Waals surface area contributed by atoms with E-state index in [2.05, 4.69) is 6.07 Å². The summed E-state index contributed by atoms with van der Waals surface area (Å²) in [5.41, 5.74) is 1.55. The van der Waals surface area contributed by atoms with E-state index in [9.17, 15) is 18.8 Å². The third-order valence-electron chi connectivity index (χ3n) is 6.20. The first-order valence-electron chi connectivity index (χ1n) is 10.9. The van der Waals surface area contributed by atoms with Crippen LogP contribution in [0.2, 0.25) is 0 Å². The van der Waals surface area contributed by atoms with E-state index in [0.717, 1.165) is 41.3 Å². The Morgan fingerprint density at radius 3 is 2.55 bits per heavy atom. The third kappa shape index (κ3) is 4.39. The highest BCUT2D eigenvalue weighted by molar-refractivity contribution is 5.91. The topological polar surface area (TPSA) is 56.6 Å². The van der Waals surface area contributed by atoms with Crippen LogP contribution in [0.3, 0.4) is 0 Å². The number of amides is 1. The first-order chi connectivity index (χ1) is 15.9. The molecule has 0 aliphatic carbocycles. The van der Waals surface area contributed by atoms with Crippen LogP contribution in [0.5, 0.6) is 5.75 Å². The molecule has 3 aromatic carbocycles. The van der Waals surface area contributed by atoms with Crippen molar-refractivity contribution in [1.29, 1.82) is 5.26 Å². The van der Waals surface area contributed by atoms with Crippen LogP contribution < -0.4 is 4.74 Å². The van der Waals surface area contributed by atoms with Crippen molar-refractivity contribution in [2.75, 3.05) is 27.2 Å². The molecule has 0 bridgehead atoms. The molecule has 33 heavy (non-hydrogen) atoms. The summed E-state index contributed by atoms with van der Waals surface area (Å²) in [6.07, 6.45) is 1.89. The fourth-order valence-corrected chi connectivity index (χ4v) is 4.59. The first-order valence-corrected chi connectivity index (χ1v) is 10.9. The molecule has 0 saturated carbocycles. The number of methoxy groups -OCH3 is 1. The summed E-state index contributed by atoms with van der Waals surface area (Å²) in [6.45, 7) is 1.62. The largest absolute Gasteiger partial charge is 0.495 e. The van der Waals surface area contributed by atoms with Crippen molar-refractivity contribution < 1.29 is 18.3 Å². The van der Waals surface area contributed by atoms with Gasteiger partial charge < -0.3 is 9.64 Å². The lowest BCUT2D eigenvalue weighted by molar-refractivity contribution is -0.136. The zero-order chi connectivity index (χ0) is 23.5. The van der Waals surface area contributed by atoms with Gasteiger partial charge in [-0.05, 0) is 60.5 Å². The fraction of sp³-hybridized carbons (Fsp3) is 0.308. The third-order valence-corrected chi connectivity index (χ3v) is 6.20. The number of rotatable bonds is 6. The van der Waals surface area contributed by atoms with Crippen LogP contribution in [0.25, 0.3) is 10.8 Å². The number of carbonyl (C=O) groups is 1. The second-order valence-corrected chi connectivity index (χ2v) is 8.28. The van der Waals surface area contributed by atoms with Crippen LogP contribution in [0.1, 0.15) is 35.6 Å². The smallest absolute Gasteiger partial charge is 0.244 e. The van der Waals surface area contributed by atoms with Crippen molar-refractivity contribution >= 4 is 16.7 Å². The Morgan fingerprint density at radius 1 is 1.15 bits per heavy atom. The Hall–Kier alpha value is -3.50. The number of nitrogens with zero attached hydrogens (tertiary/aromatic N) is 3. The number of likely N-dealkylation sites (N-methyl/N-ethyl adjacent to an activating group) is 1. The van der Waals surface area contributed by atoms with Crippen LogP contribution in [0, 0.1) is 23.0 Å². The normalized spacial score (nSPS) is 14.8. The number of benzene rings is 3. The molecule has 1 aliphatic rings. The van der Waals surface area contributed by atoms with Gasteiger partial charge in [0.15, 0.2) is 11.6 Å². The zero-order valence-corrected chi connectivity index (χ0v) is 18.6. The molecule has 4 rings (SSSR count). The maximum atomic E-state index is 14.0. The van der Waals surface area contributed by atoms with Gasteiger partial charge in [-0.25, -0.2) is 8.78 Å². The van der Waals surface area contributed by atoms with Crippen LogP contribution in [0.15, 0.2) is 48.5 Å². The molecule has 1 fully saturated rings. The molecular weight excluding hydrogens is 424 g/mol. The maximum absolute atomic E-state index is 14.0. The van der Waals surface area contributed by atoms with E-state index in [0.29, 0.717) is 30.0 Å². The molecule has 1 unspecified atom stereocenters. The lowest BCUT2D eigenvalue weighted by atomic mass is 9.98. The molecule has 3 aromatic rings. The van der Waals surface area contributed by atoms with Gasteiger partial charge in [-0.15, -0.1) is 0 Å². The average molecular weight is 450 g/mol. The van der Waals surface area contributed by atoms with E-state index in [-0.39, 0.29) is 12.5 Å². The van der Waals surface area contributed by atoms with E-state index < -0.39 is 17.7 Å². The molecular formula is C26H25F2N3O2. The molecule has 7 heteroatoms. The molecule has 1 saturated heterocycles. The van der Waals surface area contributed by atoms with Gasteiger partial charge in [0.05, 0.1) is 12.7 Å². The van der Waals surface area contributed by atoms with E-state index in [4.69, 9.17) is 4.74 Å². The Labute approximate surface area is 191 Å². The summed E-state index contributed by atoms with van der Waals surface area (Å²) >= 11 is 0. The molecule has 0 N–H and O–H groups in total. The summed E-state index contributed by atoms with van der Waals surface area (Å²) in [5.74, 6) is -1.71. The first kappa shape index (κ1) is 22.7. The van der Waals surface area contributed by atoms with Crippen LogP contribution in [-0.2, 0) is 11.3 Å². The van der Waals surface area contributed by atoms with Crippen molar-refractivity contribution in [3.63, 3.8) is 0 Å². The molecule has 1 heterocycles. The number of likely N-dealkylation sites (tertiary alicyclic amines) is 1. The Kier molecular flexibility index (Phi) is 6.57. The second-order valence-electron chi connectivity index (χ2n) is 8.28. The molecule has 5 nitrogen and oxygen atoms in total. The molecule has 1 atom stereocenters. The summed E-state index contributed by atoms with van der Waals surface area (Å²) in [6, 6.07) is 14.5. The lowest BCUT2D eigenvalue weighted by Gasteiger charge is -2.31. The number of nitriles is 1. The van der Waals surface area contributed by atoms with Crippen molar-refractivity contribution in [2.45, 2.75) is 25.4 Å². The van der Waals surface area contributed by atoms with E-state index in [1.807, 2.05) is 29.2 Å². The minimum atomic E-state index is -0.971. The number of carbonyl (C=O) groups excluding carboxylic acids is 1. The van der Waals surface area contributed by atoms with Crippen molar-refractivity contribution in [3.8, 4) is 11.8 Å². The standard InChI is InChI=1S/C26H25F2N3O2/c1-30(16-21-20-8-4-3-7-17(20)13-19(15-29)25(21)33-2)26(32)24(31-11-5-6-12-31)18-9-10-22(27)23(28)14-18/h3-4,7-10,13-14,24H,5-6,11-12,16H2,1-2H3. The summed E-state index contributed by atoms with van der Waals surface area (Å²) in [7, 11) is 3.18. The fourth-order valence-electron chi connectivity index (χ4n) is 4.59. The van der Waals surface area contributed by atoms with Gasteiger partial charge in [0.2, 0.25) is 5.91 Å². The number of hydrogen-bond acceptors (Lipinski definition) is 4. The molecule has 0 radical (unpaired) electrons. The van der Waals surface area contributed by atoms with E-state index in [1.165, 1.54) is 13.2 Å². The van der Waals surface area contributed by atoms with E-state index >= 15 is 0 Å². The number of fused-ring (bicyclic) bond motifs is 1. The van der Waals surface area contributed by atoms with Gasteiger partial charge in [0.1, 0.15) is 17.9 Å². The van der Waals surface area contributed by atoms with Gasteiger partial charge in [0, 0.05) is 19.2 Å². The maximum Gasteiger partial charge on any atom is 0.244 e. The quantitative estimate of drug-likeness (QED) is 0.543. The Morgan fingerprint density at radius 2 is 1.88 bits per heavy atom. The van der Waals surface area contributed by atoms with Gasteiger partial charge in [-0.1, -0.05) is 30.3 Å². The number of hydrogen-bond donors (Lipinski definition) is 0. The number of halogens is 2. The minimum absolute atomic E-state index is 0.200. The summed E-state index contributed by atoms with van der Waals surface area (Å²) < 4.78 is 33.2. The van der Waals surface area contributed by atoms with Gasteiger partial charge in [0.25, 0.3) is 0 Å². The molecule has 1 aliphatic heterocycles. The zero-order valence-electron chi connectivity index (χ0n) is 18.6. The van der Waals surface area contributed by atoms with Crippen LogP contribution in [-0.4, -0.2) is 43.0 Å². The highest BCUT2D eigenvalue weighted by Gasteiger charge is 2.33. The van der Waals surface area contributed by atoms with Gasteiger partial charge >= 0.3 is 0 Å². The van der Waals surface area contributed by atoms with Crippen molar-refractivity contribution in [3.05, 3.63) is 76.9 Å². The second kappa shape index (κ2) is 9.55. The predicted octanol–water partition coefficient (Wildman–Crippen LogP) is 4.79. The van der Waals surface area contributed by atoms with E-state index in [1.54, 1.807) is 18.0 Å². The average Bonchev–Trinajstić information content (AvgIpc) is 3.35. The van der Waals surface area contributed by atoms with Crippen molar-refractivity contribution in [1.82, 2.24) is 9.80 Å². The molecule has 0 spiro atoms. The monoisotopic (exact) mass is 449 g/mol. The molecule has 1 amide bonds. The van der Waals surface area contributed by atoms with Crippen LogP contribution >= 0.6 is 0 Å². The molecule has 0 aromatic heterocycles. The summed E-state index contributed by atoms with van der Waals surface area (Å²) in [4.78, 5) is 17.3. The lowest BCUT2D eigenvalue weighted by Crippen LogP contribution is -2.40. The summed E-state index contributed by atoms with van der Waals surface area (Å²) in [5, 5.41) is 11.4. The highest BCUT2D eigenvalue weighted by Crippen LogP contribution is 2.34. The predicted molar refractivity (Wildman–Crippen MR) is 122 cm³/mol. The molecule has 170 valence electrons. The SMILES string of the molecule is COc1c(C#N)cc2ccccc2c1CN(C)C(=O)C(c1ccc(F)c(F)c1)N1CCCC1. The van der Waals surface area contributed by atoms with Crippen molar-refractivity contribution in [2.24, 2.45) is 0 Å². The Bertz CT molecular complexity index is 1230. The minimum Gasteiger partial charge on any atom is -0.495 e. The highest BCUT2D eigenvalue weighted by atomic mass is 19.2. The number of ether oxygens (including phenoxy) is 1. The van der Waals surface area contributed by atoms with Crippen LogP contribution in [0.4, 0.5) is 8.78 Å².